The lowest BCUT2D eigenvalue weighted by Crippen LogP contribution is -2.39. The van der Waals surface area contributed by atoms with Crippen LogP contribution in [0.2, 0.25) is 0 Å². The van der Waals surface area contributed by atoms with Crippen molar-refractivity contribution in [3.05, 3.63) is 12.4 Å². The van der Waals surface area contributed by atoms with E-state index in [2.05, 4.69) is 28.8 Å². The molecular weight excluding hydrogens is 200 g/mol. The number of anilines is 2. The Bertz CT molecular complexity index is 335. The molecule has 1 saturated carbocycles. The molecule has 16 heavy (non-hydrogen) atoms. The zero-order chi connectivity index (χ0) is 11.5. The highest BCUT2D eigenvalue weighted by Crippen LogP contribution is 2.28. The van der Waals surface area contributed by atoms with Crippen LogP contribution in [0.15, 0.2) is 12.4 Å². The molecule has 4 heteroatoms. The van der Waals surface area contributed by atoms with E-state index < -0.39 is 0 Å². The van der Waals surface area contributed by atoms with Gasteiger partial charge in [-0.1, -0.05) is 19.8 Å². The van der Waals surface area contributed by atoms with Crippen LogP contribution in [0, 0.1) is 5.92 Å². The van der Waals surface area contributed by atoms with E-state index in [0.717, 1.165) is 11.9 Å². The molecule has 4 nitrogen and oxygen atoms in total. The summed E-state index contributed by atoms with van der Waals surface area (Å²) in [6, 6.07) is 0.567. The minimum atomic E-state index is 0.567. The Hall–Kier alpha value is -1.32. The summed E-state index contributed by atoms with van der Waals surface area (Å²) in [5.74, 6) is 1.51. The third kappa shape index (κ3) is 2.26. The largest absolute Gasteiger partial charge is 0.396 e. The van der Waals surface area contributed by atoms with Crippen LogP contribution in [0.3, 0.4) is 0 Å². The van der Waals surface area contributed by atoms with Crippen LogP contribution in [0.5, 0.6) is 0 Å². The van der Waals surface area contributed by atoms with Gasteiger partial charge in [0.1, 0.15) is 0 Å². The van der Waals surface area contributed by atoms with Crippen LogP contribution in [-0.2, 0) is 0 Å². The monoisotopic (exact) mass is 220 g/mol. The molecule has 0 bridgehead atoms. The van der Waals surface area contributed by atoms with E-state index in [1.165, 1.54) is 25.7 Å². The molecule has 1 aromatic rings. The molecular formula is C12H20N4. The zero-order valence-corrected chi connectivity index (χ0v) is 10.1. The normalized spacial score (nSPS) is 25.4. The van der Waals surface area contributed by atoms with Gasteiger partial charge in [0, 0.05) is 13.1 Å². The highest BCUT2D eigenvalue weighted by atomic mass is 15.3. The predicted octanol–water partition coefficient (Wildman–Crippen LogP) is 2.07. The summed E-state index contributed by atoms with van der Waals surface area (Å²) >= 11 is 0. The molecule has 1 heterocycles. The molecule has 1 fully saturated rings. The molecule has 0 saturated heterocycles. The van der Waals surface area contributed by atoms with Crippen LogP contribution >= 0.6 is 0 Å². The van der Waals surface area contributed by atoms with E-state index >= 15 is 0 Å². The minimum absolute atomic E-state index is 0.567. The molecule has 0 amide bonds. The Kier molecular flexibility index (Phi) is 3.27. The molecule has 1 aliphatic rings. The standard InChI is InChI=1S/C12H20N4/c1-9-5-3-4-6-11(9)16(2)12-14-7-10(13)8-15-12/h7-9,11H,3-6,13H2,1-2H3. The molecule has 2 unspecified atom stereocenters. The molecule has 2 N–H and O–H groups in total. The van der Waals surface area contributed by atoms with Gasteiger partial charge in [0.15, 0.2) is 0 Å². The Labute approximate surface area is 96.9 Å². The first-order valence-corrected chi connectivity index (χ1v) is 5.99. The fraction of sp³-hybridized carbons (Fsp3) is 0.667. The average molecular weight is 220 g/mol. The molecule has 2 atom stereocenters. The van der Waals surface area contributed by atoms with Gasteiger partial charge in [-0.3, -0.25) is 0 Å². The minimum Gasteiger partial charge on any atom is -0.396 e. The van der Waals surface area contributed by atoms with E-state index in [9.17, 15) is 0 Å². The van der Waals surface area contributed by atoms with Crippen LogP contribution < -0.4 is 10.6 Å². The number of nitrogens with two attached hydrogens (primary N) is 1. The van der Waals surface area contributed by atoms with Gasteiger partial charge in [-0.15, -0.1) is 0 Å². The Morgan fingerprint density at radius 1 is 1.25 bits per heavy atom. The lowest BCUT2D eigenvalue weighted by Gasteiger charge is -2.36. The van der Waals surface area contributed by atoms with Crippen LogP contribution in [-0.4, -0.2) is 23.1 Å². The molecule has 0 aliphatic heterocycles. The summed E-state index contributed by atoms with van der Waals surface area (Å²) in [5.41, 5.74) is 6.21. The van der Waals surface area contributed by atoms with Gasteiger partial charge in [-0.2, -0.15) is 0 Å². The number of nitrogen functional groups attached to an aromatic ring is 1. The van der Waals surface area contributed by atoms with Crippen molar-refractivity contribution in [2.24, 2.45) is 5.92 Å². The van der Waals surface area contributed by atoms with Crippen LogP contribution in [0.4, 0.5) is 11.6 Å². The van der Waals surface area contributed by atoms with Gasteiger partial charge in [0.2, 0.25) is 5.95 Å². The zero-order valence-electron chi connectivity index (χ0n) is 10.1. The number of hydrogen-bond acceptors (Lipinski definition) is 4. The van der Waals surface area contributed by atoms with Gasteiger partial charge >= 0.3 is 0 Å². The van der Waals surface area contributed by atoms with E-state index in [4.69, 9.17) is 5.73 Å². The summed E-state index contributed by atoms with van der Waals surface area (Å²) in [6.07, 6.45) is 8.57. The van der Waals surface area contributed by atoms with Gasteiger partial charge in [0.05, 0.1) is 18.1 Å². The van der Waals surface area contributed by atoms with Crippen molar-refractivity contribution in [2.75, 3.05) is 17.7 Å². The van der Waals surface area contributed by atoms with Crippen molar-refractivity contribution in [1.29, 1.82) is 0 Å². The molecule has 2 rings (SSSR count). The fourth-order valence-electron chi connectivity index (χ4n) is 2.53. The third-order valence-electron chi connectivity index (χ3n) is 3.54. The first-order valence-electron chi connectivity index (χ1n) is 5.99. The molecule has 1 aromatic heterocycles. The topological polar surface area (TPSA) is 55.0 Å². The lowest BCUT2D eigenvalue weighted by molar-refractivity contribution is 0.319. The summed E-state index contributed by atoms with van der Waals surface area (Å²) in [6.45, 7) is 2.32. The summed E-state index contributed by atoms with van der Waals surface area (Å²) in [5, 5.41) is 0. The second-order valence-corrected chi connectivity index (χ2v) is 4.76. The smallest absolute Gasteiger partial charge is 0.225 e. The average Bonchev–Trinajstić information content (AvgIpc) is 2.30. The maximum atomic E-state index is 5.59. The van der Waals surface area contributed by atoms with Crippen molar-refractivity contribution >= 4 is 11.6 Å². The number of rotatable bonds is 2. The molecule has 88 valence electrons. The summed E-state index contributed by atoms with van der Waals surface area (Å²) in [7, 11) is 2.08. The Morgan fingerprint density at radius 2 is 1.88 bits per heavy atom. The second-order valence-electron chi connectivity index (χ2n) is 4.76. The summed E-state index contributed by atoms with van der Waals surface area (Å²) < 4.78 is 0. The van der Waals surface area contributed by atoms with Crippen LogP contribution in [0.25, 0.3) is 0 Å². The van der Waals surface area contributed by atoms with Crippen molar-refractivity contribution in [3.8, 4) is 0 Å². The SMILES string of the molecule is CC1CCCCC1N(C)c1ncc(N)cn1. The van der Waals surface area contributed by atoms with E-state index in [1.54, 1.807) is 12.4 Å². The highest BCUT2D eigenvalue weighted by Gasteiger charge is 2.26. The van der Waals surface area contributed by atoms with Crippen molar-refractivity contribution in [1.82, 2.24) is 9.97 Å². The maximum absolute atomic E-state index is 5.59. The van der Waals surface area contributed by atoms with E-state index in [1.807, 2.05) is 0 Å². The van der Waals surface area contributed by atoms with E-state index in [0.29, 0.717) is 11.7 Å². The molecule has 0 spiro atoms. The highest BCUT2D eigenvalue weighted by molar-refractivity contribution is 5.38. The maximum Gasteiger partial charge on any atom is 0.225 e. The van der Waals surface area contributed by atoms with Crippen molar-refractivity contribution in [3.63, 3.8) is 0 Å². The van der Waals surface area contributed by atoms with E-state index in [-0.39, 0.29) is 0 Å². The second kappa shape index (κ2) is 4.68. The quantitative estimate of drug-likeness (QED) is 0.829. The summed E-state index contributed by atoms with van der Waals surface area (Å²) in [4.78, 5) is 10.8. The third-order valence-corrected chi connectivity index (χ3v) is 3.54. The van der Waals surface area contributed by atoms with Gasteiger partial charge in [0.25, 0.3) is 0 Å². The fourth-order valence-corrected chi connectivity index (χ4v) is 2.53. The van der Waals surface area contributed by atoms with Crippen LogP contribution in [0.1, 0.15) is 32.6 Å². The lowest BCUT2D eigenvalue weighted by atomic mass is 9.85. The molecule has 0 radical (unpaired) electrons. The predicted molar refractivity (Wildman–Crippen MR) is 66.3 cm³/mol. The first-order chi connectivity index (χ1) is 7.68. The van der Waals surface area contributed by atoms with Gasteiger partial charge < -0.3 is 10.6 Å². The Balaban J connectivity index is 2.11. The molecule has 0 aromatic carbocycles. The van der Waals surface area contributed by atoms with Crippen molar-refractivity contribution < 1.29 is 0 Å². The Morgan fingerprint density at radius 3 is 2.50 bits per heavy atom. The van der Waals surface area contributed by atoms with Crippen molar-refractivity contribution in [2.45, 2.75) is 38.6 Å². The van der Waals surface area contributed by atoms with Gasteiger partial charge in [-0.25, -0.2) is 9.97 Å². The number of nitrogens with zero attached hydrogens (tertiary/aromatic N) is 3. The van der Waals surface area contributed by atoms with Gasteiger partial charge in [-0.05, 0) is 18.8 Å². The molecule has 1 aliphatic carbocycles. The number of hydrogen-bond donors (Lipinski definition) is 1. The number of aromatic nitrogens is 2. The first kappa shape index (κ1) is 11.2.